The fraction of sp³-hybridized carbons (Fsp3) is 0.615. The molecule has 1 fully saturated rings. The minimum Gasteiger partial charge on any atom is -0.497 e. The predicted molar refractivity (Wildman–Crippen MR) is 195 cm³/mol. The van der Waals surface area contributed by atoms with Gasteiger partial charge in [-0.25, -0.2) is 4.79 Å². The van der Waals surface area contributed by atoms with Crippen LogP contribution in [0.2, 0.25) is 0 Å². The molecule has 0 radical (unpaired) electrons. The van der Waals surface area contributed by atoms with Crippen molar-refractivity contribution < 1.29 is 62.2 Å². The first kappa shape index (κ1) is 44.2. The van der Waals surface area contributed by atoms with Gasteiger partial charge in [-0.15, -0.1) is 0 Å². The van der Waals surface area contributed by atoms with Crippen LogP contribution < -0.4 is 10.1 Å². The maximum absolute atomic E-state index is 13.2. The lowest BCUT2D eigenvalue weighted by atomic mass is 9.83. The number of allylic oxidation sites excluding steroid dienone is 3. The zero-order valence-electron chi connectivity index (χ0n) is 32.4. The molecule has 0 bridgehead atoms. The summed E-state index contributed by atoms with van der Waals surface area (Å²) >= 11 is 0. The van der Waals surface area contributed by atoms with Crippen LogP contribution in [0.4, 0.5) is 4.79 Å². The Morgan fingerprint density at radius 2 is 1.72 bits per heavy atom. The number of hydrogen-bond donors (Lipinski definition) is 2. The van der Waals surface area contributed by atoms with E-state index in [2.05, 4.69) is 5.32 Å². The van der Waals surface area contributed by atoms with E-state index in [-0.39, 0.29) is 25.2 Å². The summed E-state index contributed by atoms with van der Waals surface area (Å²) in [5, 5.41) is 14.5. The third-order valence-corrected chi connectivity index (χ3v) is 9.46. The van der Waals surface area contributed by atoms with E-state index in [0.29, 0.717) is 18.5 Å². The summed E-state index contributed by atoms with van der Waals surface area (Å²) < 4.78 is 40.8. The Hall–Kier alpha value is -4.15. The first-order valence-corrected chi connectivity index (χ1v) is 18.1. The van der Waals surface area contributed by atoms with Crippen LogP contribution in [0.5, 0.6) is 5.75 Å². The van der Waals surface area contributed by atoms with E-state index in [9.17, 15) is 29.1 Å². The Morgan fingerprint density at radius 1 is 1.02 bits per heavy atom. The van der Waals surface area contributed by atoms with Gasteiger partial charge in [0, 0.05) is 39.3 Å². The fourth-order valence-electron chi connectivity index (χ4n) is 6.72. The molecule has 2 N–H and O–H groups in total. The zero-order chi connectivity index (χ0) is 39.9. The van der Waals surface area contributed by atoms with Crippen LogP contribution in [0.25, 0.3) is 0 Å². The lowest BCUT2D eigenvalue weighted by molar-refractivity contribution is -0.309. The highest BCUT2D eigenvalue weighted by Gasteiger charge is 2.50. The van der Waals surface area contributed by atoms with Crippen molar-refractivity contribution in [1.82, 2.24) is 10.2 Å². The average Bonchev–Trinajstić information content (AvgIpc) is 3.11. The number of aldehydes is 1. The van der Waals surface area contributed by atoms with Crippen molar-refractivity contribution in [3.8, 4) is 5.75 Å². The third-order valence-electron chi connectivity index (χ3n) is 9.46. The van der Waals surface area contributed by atoms with Gasteiger partial charge < -0.3 is 53.3 Å². The second kappa shape index (κ2) is 21.7. The number of carbonyl (C=O) groups excluding carboxylic acids is 5. The molecule has 0 spiro atoms. The average molecular weight is 761 g/mol. The van der Waals surface area contributed by atoms with Gasteiger partial charge in [0.05, 0.1) is 31.8 Å². The van der Waals surface area contributed by atoms with E-state index in [1.807, 2.05) is 0 Å². The standard InChI is InChI=1S/C39H56N2O13/c1-23-20-28(18-19-42)36(37(49-8)31(52-26(4)43)21-32(45)50-24(2)12-10-9-11-13-30(23)44)53-38-34(46)33(41(5)6)35(25(3)51-38)54-39(47)40-22-27-14-16-29(48-7)17-15-27/h9-11,13-17,19,23-25,28,31,33-38,46H,12,18,20-22H2,1-8H3,(H,40,47)/b10-9+,13-11+/t23-,24-,25-,28+,31-,33-,34-,35-,36+,37?,38+/m1/s1. The summed E-state index contributed by atoms with van der Waals surface area (Å²) in [4.78, 5) is 65.6. The molecule has 0 aromatic heterocycles. The van der Waals surface area contributed by atoms with Crippen molar-refractivity contribution in [3.63, 3.8) is 0 Å². The van der Waals surface area contributed by atoms with Gasteiger partial charge in [0.25, 0.3) is 0 Å². The van der Waals surface area contributed by atoms with Crippen molar-refractivity contribution in [2.24, 2.45) is 11.8 Å². The molecule has 15 heteroatoms. The van der Waals surface area contributed by atoms with Gasteiger partial charge in [0.1, 0.15) is 42.6 Å². The Balaban J connectivity index is 1.96. The maximum Gasteiger partial charge on any atom is 0.407 e. The molecule has 15 nitrogen and oxygen atoms in total. The highest BCUT2D eigenvalue weighted by Crippen LogP contribution is 2.34. The lowest BCUT2D eigenvalue weighted by Crippen LogP contribution is -2.65. The molecule has 1 aromatic carbocycles. The van der Waals surface area contributed by atoms with Gasteiger partial charge in [0.2, 0.25) is 0 Å². The van der Waals surface area contributed by atoms with Gasteiger partial charge >= 0.3 is 18.0 Å². The van der Waals surface area contributed by atoms with Crippen molar-refractivity contribution in [2.75, 3.05) is 28.3 Å². The van der Waals surface area contributed by atoms with Crippen LogP contribution in [0, 0.1) is 11.8 Å². The van der Waals surface area contributed by atoms with E-state index in [1.54, 1.807) is 89.4 Å². The van der Waals surface area contributed by atoms with E-state index >= 15 is 0 Å². The number of likely N-dealkylation sites (N-methyl/N-ethyl adjacent to an activating group) is 1. The summed E-state index contributed by atoms with van der Waals surface area (Å²) in [5.74, 6) is -2.24. The van der Waals surface area contributed by atoms with Crippen molar-refractivity contribution in [2.45, 2.75) is 115 Å². The van der Waals surface area contributed by atoms with Gasteiger partial charge in [-0.2, -0.15) is 0 Å². The summed E-state index contributed by atoms with van der Waals surface area (Å²) in [6.07, 6.45) is -2.40. The minimum atomic E-state index is -1.43. The van der Waals surface area contributed by atoms with E-state index in [4.69, 9.17) is 33.2 Å². The number of esters is 2. The highest BCUT2D eigenvalue weighted by atomic mass is 16.7. The number of hydrogen-bond acceptors (Lipinski definition) is 14. The molecule has 300 valence electrons. The Morgan fingerprint density at radius 3 is 2.33 bits per heavy atom. The summed E-state index contributed by atoms with van der Waals surface area (Å²) in [5.41, 5.74) is 0.809. The number of ether oxygens (including phenoxy) is 7. The van der Waals surface area contributed by atoms with E-state index in [1.165, 1.54) is 20.1 Å². The number of aliphatic hydroxyl groups excluding tert-OH is 1. The molecule has 1 amide bonds. The van der Waals surface area contributed by atoms with Gasteiger partial charge in [0.15, 0.2) is 12.1 Å². The molecule has 3 rings (SSSR count). The number of nitrogens with one attached hydrogen (secondary N) is 1. The number of alkyl carbamates (subject to hydrolysis) is 1. The van der Waals surface area contributed by atoms with Crippen LogP contribution in [0.3, 0.4) is 0 Å². The molecule has 0 saturated carbocycles. The summed E-state index contributed by atoms with van der Waals surface area (Å²) in [6, 6.07) is 6.31. The number of carbonyl (C=O) groups is 5. The smallest absolute Gasteiger partial charge is 0.407 e. The normalized spacial score (nSPS) is 32.5. The molecule has 54 heavy (non-hydrogen) atoms. The molecular formula is C39H56N2O13. The number of ketones is 1. The van der Waals surface area contributed by atoms with Crippen LogP contribution in [0.15, 0.2) is 48.6 Å². The molecule has 1 saturated heterocycles. The van der Waals surface area contributed by atoms with Crippen molar-refractivity contribution in [3.05, 3.63) is 54.1 Å². The number of amides is 1. The summed E-state index contributed by atoms with van der Waals surface area (Å²) in [6.45, 7) is 6.44. The van der Waals surface area contributed by atoms with Crippen LogP contribution in [-0.2, 0) is 54.1 Å². The fourth-order valence-corrected chi connectivity index (χ4v) is 6.72. The first-order chi connectivity index (χ1) is 25.7. The monoisotopic (exact) mass is 760 g/mol. The number of aliphatic hydroxyl groups is 1. The van der Waals surface area contributed by atoms with Crippen LogP contribution in [-0.4, -0.2) is 123 Å². The molecule has 2 aliphatic rings. The number of rotatable bonds is 11. The Bertz CT molecular complexity index is 1450. The van der Waals surface area contributed by atoms with Gasteiger partial charge in [-0.1, -0.05) is 37.3 Å². The molecule has 0 aliphatic carbocycles. The van der Waals surface area contributed by atoms with Crippen molar-refractivity contribution >= 4 is 30.1 Å². The Labute approximate surface area is 317 Å². The SMILES string of the molecule is COc1ccc(CNC(=O)O[C@H]2[C@H](N(C)C)[C@@H](O)[C@H](O[C@@H]3C(OC)[C@H](OC(C)=O)CC(=O)O[C@H](C)C/C=C/C=C/C(=O)[C@H](C)C[C@@H]3CC=O)O[C@@H]2C)cc1. The molecule has 1 unspecified atom stereocenters. The lowest BCUT2D eigenvalue weighted by Gasteiger charge is -2.47. The second-order valence-electron chi connectivity index (χ2n) is 13.9. The maximum atomic E-state index is 13.2. The first-order valence-electron chi connectivity index (χ1n) is 18.1. The molecule has 1 aromatic rings. The molecule has 2 aliphatic heterocycles. The Kier molecular flexibility index (Phi) is 17.8. The molecular weight excluding hydrogens is 704 g/mol. The number of nitrogens with zero attached hydrogens (tertiary/aromatic N) is 1. The molecule has 2 heterocycles. The molecule has 11 atom stereocenters. The number of benzene rings is 1. The van der Waals surface area contributed by atoms with Crippen LogP contribution in [0.1, 0.15) is 58.9 Å². The second-order valence-corrected chi connectivity index (χ2v) is 13.9. The highest BCUT2D eigenvalue weighted by molar-refractivity contribution is 5.91. The largest absolute Gasteiger partial charge is 0.497 e. The van der Waals surface area contributed by atoms with Crippen LogP contribution >= 0.6 is 0 Å². The topological polar surface area (TPSA) is 185 Å². The summed E-state index contributed by atoms with van der Waals surface area (Å²) in [7, 11) is 6.30. The quantitative estimate of drug-likeness (QED) is 0.190. The minimum absolute atomic E-state index is 0.115. The zero-order valence-corrected chi connectivity index (χ0v) is 32.4. The van der Waals surface area contributed by atoms with E-state index < -0.39 is 91.3 Å². The van der Waals surface area contributed by atoms with Crippen molar-refractivity contribution in [1.29, 1.82) is 0 Å². The number of methoxy groups -OCH3 is 2. The van der Waals surface area contributed by atoms with E-state index in [0.717, 1.165) is 5.56 Å². The number of cyclic esters (lactones) is 1. The van der Waals surface area contributed by atoms with Gasteiger partial charge in [-0.3, -0.25) is 14.4 Å². The third kappa shape index (κ3) is 13.0. The predicted octanol–water partition coefficient (Wildman–Crippen LogP) is 3.30. The van der Waals surface area contributed by atoms with Gasteiger partial charge in [-0.05, 0) is 64.1 Å².